The molecule has 0 spiro atoms. The zero-order chi connectivity index (χ0) is 14.4. The van der Waals surface area contributed by atoms with Crippen molar-refractivity contribution in [1.29, 1.82) is 0 Å². The number of ether oxygens (including phenoxy) is 2. The van der Waals surface area contributed by atoms with E-state index in [1.54, 1.807) is 7.11 Å². The zero-order valence-corrected chi connectivity index (χ0v) is 11.9. The van der Waals surface area contributed by atoms with Gasteiger partial charge in [-0.2, -0.15) is 0 Å². The number of hydrogen-bond donors (Lipinski definition) is 1. The van der Waals surface area contributed by atoms with Gasteiger partial charge in [0.05, 0.1) is 13.2 Å². The van der Waals surface area contributed by atoms with Crippen molar-refractivity contribution < 1.29 is 14.6 Å². The molecular formula is C17H20O3. The van der Waals surface area contributed by atoms with Crippen molar-refractivity contribution in [1.82, 2.24) is 0 Å². The molecule has 0 bridgehead atoms. The molecule has 3 nitrogen and oxygen atoms in total. The molecule has 1 atom stereocenters. The van der Waals surface area contributed by atoms with E-state index >= 15 is 0 Å². The van der Waals surface area contributed by atoms with Crippen LogP contribution in [-0.4, -0.2) is 25.4 Å². The molecule has 0 heterocycles. The summed E-state index contributed by atoms with van der Waals surface area (Å²) in [6.45, 7) is 2.77. The van der Waals surface area contributed by atoms with E-state index < -0.39 is 5.60 Å². The minimum atomic E-state index is -1.15. The molecule has 2 aromatic carbocycles. The van der Waals surface area contributed by atoms with Crippen LogP contribution < -0.4 is 4.74 Å². The van der Waals surface area contributed by atoms with Gasteiger partial charge in [-0.1, -0.05) is 42.5 Å². The lowest BCUT2D eigenvalue weighted by atomic mass is 9.87. The first-order valence-corrected chi connectivity index (χ1v) is 6.71. The fourth-order valence-corrected chi connectivity index (χ4v) is 2.25. The summed E-state index contributed by atoms with van der Waals surface area (Å²) in [4.78, 5) is 0. The molecule has 1 unspecified atom stereocenters. The minimum Gasteiger partial charge on any atom is -0.494 e. The quantitative estimate of drug-likeness (QED) is 0.878. The molecule has 0 aromatic heterocycles. The molecule has 0 aliphatic rings. The molecule has 0 aliphatic carbocycles. The summed E-state index contributed by atoms with van der Waals surface area (Å²) in [5, 5.41) is 11.0. The van der Waals surface area contributed by atoms with E-state index in [1.165, 1.54) is 0 Å². The number of methoxy groups -OCH3 is 1. The summed E-state index contributed by atoms with van der Waals surface area (Å²) in [7, 11) is 1.59. The van der Waals surface area contributed by atoms with Crippen molar-refractivity contribution in [2.24, 2.45) is 0 Å². The van der Waals surface area contributed by atoms with E-state index in [2.05, 4.69) is 0 Å². The highest BCUT2D eigenvalue weighted by Crippen LogP contribution is 2.31. The van der Waals surface area contributed by atoms with E-state index in [-0.39, 0.29) is 6.61 Å². The molecule has 0 radical (unpaired) electrons. The normalized spacial score (nSPS) is 13.8. The first-order valence-electron chi connectivity index (χ1n) is 6.71. The van der Waals surface area contributed by atoms with Crippen LogP contribution in [0.3, 0.4) is 0 Å². The lowest BCUT2D eigenvalue weighted by Crippen LogP contribution is -2.32. The second-order valence-electron chi connectivity index (χ2n) is 4.62. The molecule has 0 saturated carbocycles. The van der Waals surface area contributed by atoms with Crippen LogP contribution in [0.25, 0.3) is 0 Å². The van der Waals surface area contributed by atoms with Crippen LogP contribution in [0.5, 0.6) is 5.75 Å². The van der Waals surface area contributed by atoms with E-state index in [4.69, 9.17) is 9.47 Å². The van der Waals surface area contributed by atoms with E-state index in [9.17, 15) is 5.11 Å². The third kappa shape index (κ3) is 3.00. The minimum absolute atomic E-state index is 0.199. The SMILES string of the molecule is CCOc1ccc(C(O)(COC)c2ccccc2)cc1. The molecule has 0 fully saturated rings. The fraction of sp³-hybridized carbons (Fsp3) is 0.294. The van der Waals surface area contributed by atoms with Crippen LogP contribution in [0.4, 0.5) is 0 Å². The smallest absolute Gasteiger partial charge is 0.138 e. The predicted molar refractivity (Wildman–Crippen MR) is 78.9 cm³/mol. The monoisotopic (exact) mass is 272 g/mol. The van der Waals surface area contributed by atoms with Crippen LogP contribution in [0.2, 0.25) is 0 Å². The molecule has 0 aliphatic heterocycles. The van der Waals surface area contributed by atoms with Crippen molar-refractivity contribution >= 4 is 0 Å². The summed E-state index contributed by atoms with van der Waals surface area (Å²) < 4.78 is 10.6. The number of aliphatic hydroxyl groups is 1. The number of rotatable bonds is 6. The van der Waals surface area contributed by atoms with Gasteiger partial charge in [-0.05, 0) is 30.2 Å². The molecule has 0 saturated heterocycles. The Morgan fingerprint density at radius 1 is 0.950 bits per heavy atom. The summed E-state index contributed by atoms with van der Waals surface area (Å²) >= 11 is 0. The average Bonchev–Trinajstić information content (AvgIpc) is 2.49. The van der Waals surface area contributed by atoms with Gasteiger partial charge in [-0.15, -0.1) is 0 Å². The highest BCUT2D eigenvalue weighted by molar-refractivity contribution is 5.39. The molecule has 2 aromatic rings. The highest BCUT2D eigenvalue weighted by Gasteiger charge is 2.31. The first-order chi connectivity index (χ1) is 9.70. The Balaban J connectivity index is 2.37. The van der Waals surface area contributed by atoms with Gasteiger partial charge in [-0.25, -0.2) is 0 Å². The van der Waals surface area contributed by atoms with Crippen molar-refractivity contribution in [3.8, 4) is 5.75 Å². The topological polar surface area (TPSA) is 38.7 Å². The van der Waals surface area contributed by atoms with Gasteiger partial charge in [0.25, 0.3) is 0 Å². The third-order valence-corrected chi connectivity index (χ3v) is 3.25. The number of benzene rings is 2. The molecule has 3 heteroatoms. The maximum absolute atomic E-state index is 11.0. The van der Waals surface area contributed by atoms with Crippen molar-refractivity contribution in [2.45, 2.75) is 12.5 Å². The van der Waals surface area contributed by atoms with Crippen LogP contribution in [0.1, 0.15) is 18.1 Å². The zero-order valence-electron chi connectivity index (χ0n) is 11.9. The summed E-state index contributed by atoms with van der Waals surface area (Å²) in [6.07, 6.45) is 0. The number of hydrogen-bond acceptors (Lipinski definition) is 3. The van der Waals surface area contributed by atoms with E-state index in [0.29, 0.717) is 6.61 Å². The van der Waals surface area contributed by atoms with Gasteiger partial charge in [0, 0.05) is 7.11 Å². The van der Waals surface area contributed by atoms with Gasteiger partial charge < -0.3 is 14.6 Å². The van der Waals surface area contributed by atoms with Gasteiger partial charge in [0.1, 0.15) is 11.4 Å². The highest BCUT2D eigenvalue weighted by atomic mass is 16.5. The second kappa shape index (κ2) is 6.55. The summed E-state index contributed by atoms with van der Waals surface area (Å²) in [5.41, 5.74) is 0.445. The Morgan fingerprint density at radius 2 is 1.55 bits per heavy atom. The Morgan fingerprint density at radius 3 is 2.10 bits per heavy atom. The predicted octanol–water partition coefficient (Wildman–Crippen LogP) is 2.97. The Hall–Kier alpha value is -1.84. The summed E-state index contributed by atoms with van der Waals surface area (Å²) in [6, 6.07) is 17.0. The Labute approximate surface area is 119 Å². The first kappa shape index (κ1) is 14.6. The Kier molecular flexibility index (Phi) is 4.77. The van der Waals surface area contributed by atoms with Crippen LogP contribution >= 0.6 is 0 Å². The second-order valence-corrected chi connectivity index (χ2v) is 4.62. The van der Waals surface area contributed by atoms with E-state index in [0.717, 1.165) is 16.9 Å². The fourth-order valence-electron chi connectivity index (χ4n) is 2.25. The average molecular weight is 272 g/mol. The van der Waals surface area contributed by atoms with E-state index in [1.807, 2.05) is 61.5 Å². The van der Waals surface area contributed by atoms with Gasteiger partial charge in [0.2, 0.25) is 0 Å². The molecule has 2 rings (SSSR count). The molecule has 20 heavy (non-hydrogen) atoms. The van der Waals surface area contributed by atoms with Crippen molar-refractivity contribution in [2.75, 3.05) is 20.3 Å². The van der Waals surface area contributed by atoms with Gasteiger partial charge in [0.15, 0.2) is 0 Å². The van der Waals surface area contributed by atoms with Crippen LogP contribution in [-0.2, 0) is 10.3 Å². The third-order valence-electron chi connectivity index (χ3n) is 3.25. The summed E-state index contributed by atoms with van der Waals surface area (Å²) in [5.74, 6) is 0.795. The van der Waals surface area contributed by atoms with Crippen molar-refractivity contribution in [3.05, 3.63) is 65.7 Å². The van der Waals surface area contributed by atoms with Crippen LogP contribution in [0, 0.1) is 0 Å². The van der Waals surface area contributed by atoms with Gasteiger partial charge in [-0.3, -0.25) is 0 Å². The van der Waals surface area contributed by atoms with Crippen molar-refractivity contribution in [3.63, 3.8) is 0 Å². The molecule has 0 amide bonds. The maximum atomic E-state index is 11.0. The lowest BCUT2D eigenvalue weighted by Gasteiger charge is -2.28. The molecule has 1 N–H and O–H groups in total. The maximum Gasteiger partial charge on any atom is 0.138 e. The largest absolute Gasteiger partial charge is 0.494 e. The molecule has 106 valence electrons. The Bertz CT molecular complexity index is 522. The standard InChI is InChI=1S/C17H20O3/c1-3-20-16-11-9-15(10-12-16)17(18,13-19-2)14-7-5-4-6-8-14/h4-12,18H,3,13H2,1-2H3. The van der Waals surface area contributed by atoms with Crippen LogP contribution in [0.15, 0.2) is 54.6 Å². The lowest BCUT2D eigenvalue weighted by molar-refractivity contribution is -0.00330. The van der Waals surface area contributed by atoms with Gasteiger partial charge >= 0.3 is 0 Å². The molecular weight excluding hydrogens is 252 g/mol.